The highest BCUT2D eigenvalue weighted by molar-refractivity contribution is 6.24. The molecule has 0 saturated carbocycles. The quantitative estimate of drug-likeness (QED) is 0.403. The zero-order chi connectivity index (χ0) is 25.4. The second-order valence-corrected chi connectivity index (χ2v) is 9.74. The minimum Gasteiger partial charge on any atom is -0.509 e. The number of Topliss-reactive ketones (excluding diaryl/α,β-unsaturated/α-hetero) is 1. The minimum absolute atomic E-state index is 0.0466. The molecule has 5 rings (SSSR count). The molecule has 6 N–H and O–H groups in total. The van der Waals surface area contributed by atoms with Gasteiger partial charge in [-0.15, -0.1) is 0 Å². The molecule has 0 radical (unpaired) electrons. The van der Waals surface area contributed by atoms with Gasteiger partial charge < -0.3 is 35.5 Å². The molecule has 1 amide bonds. The predicted octanol–water partition coefficient (Wildman–Crippen LogP) is 1.13. The summed E-state index contributed by atoms with van der Waals surface area (Å²) < 4.78 is 5.45. The highest BCUT2D eigenvalue weighted by atomic mass is 16.4. The Kier molecular flexibility index (Phi) is 5.17. The van der Waals surface area contributed by atoms with Gasteiger partial charge in [0, 0.05) is 28.7 Å². The Balaban J connectivity index is 1.73. The number of aliphatic hydroxyl groups excluding tert-OH is 2. The molecule has 1 heterocycles. The minimum atomic E-state index is -2.45. The molecule has 0 spiro atoms. The van der Waals surface area contributed by atoms with Crippen molar-refractivity contribution in [3.05, 3.63) is 58.2 Å². The molecule has 35 heavy (non-hydrogen) atoms. The number of hydrogen-bond donors (Lipinski definition) is 5. The maximum Gasteiger partial charge on any atom is 0.252 e. The third kappa shape index (κ3) is 3.03. The van der Waals surface area contributed by atoms with Crippen LogP contribution in [0.1, 0.15) is 30.6 Å². The van der Waals surface area contributed by atoms with Gasteiger partial charge in [0.1, 0.15) is 23.9 Å². The summed E-state index contributed by atoms with van der Waals surface area (Å²) in [5, 5.41) is 45.1. The number of oxazole rings is 1. The number of fused-ring (bicyclic) bond motifs is 3. The average Bonchev–Trinajstić information content (AvgIpc) is 3.30. The summed E-state index contributed by atoms with van der Waals surface area (Å²) >= 11 is 0. The van der Waals surface area contributed by atoms with Crippen molar-refractivity contribution in [1.29, 1.82) is 0 Å². The maximum atomic E-state index is 13.4. The SMILES string of the molecule is CC1=C(C(N)=O)C(=O)[C@@]2(O)C(O)=C3C(O)c4c(O)ccc(-c5ncco5)c4C[C@H]3C[C@H]2[C@@H]1N(C)C. The normalized spacial score (nSPS) is 30.3. The molecule has 0 bridgehead atoms. The lowest BCUT2D eigenvalue weighted by Gasteiger charge is -2.52. The van der Waals surface area contributed by atoms with Gasteiger partial charge in [0.2, 0.25) is 11.7 Å². The molecule has 1 aromatic heterocycles. The second-order valence-electron chi connectivity index (χ2n) is 9.74. The van der Waals surface area contributed by atoms with E-state index in [-0.39, 0.29) is 28.9 Å². The summed E-state index contributed by atoms with van der Waals surface area (Å²) in [6.07, 6.45) is 1.94. The number of carbonyl (C=O) groups is 2. The van der Waals surface area contributed by atoms with Crippen LogP contribution in [0.15, 0.2) is 51.5 Å². The lowest BCUT2D eigenvalue weighted by atomic mass is 9.57. The van der Waals surface area contributed by atoms with Crippen LogP contribution in [-0.4, -0.2) is 67.7 Å². The van der Waals surface area contributed by atoms with Crippen LogP contribution in [0.25, 0.3) is 11.5 Å². The zero-order valence-corrected chi connectivity index (χ0v) is 19.5. The number of amides is 1. The summed E-state index contributed by atoms with van der Waals surface area (Å²) in [4.78, 5) is 31.6. The van der Waals surface area contributed by atoms with Crippen molar-refractivity contribution < 1.29 is 34.4 Å². The van der Waals surface area contributed by atoms with Gasteiger partial charge in [-0.2, -0.15) is 0 Å². The number of phenols is 1. The van der Waals surface area contributed by atoms with E-state index in [1.54, 1.807) is 32.0 Å². The average molecular weight is 482 g/mol. The van der Waals surface area contributed by atoms with E-state index in [2.05, 4.69) is 4.98 Å². The summed E-state index contributed by atoms with van der Waals surface area (Å²) in [6.45, 7) is 1.63. The van der Waals surface area contributed by atoms with E-state index in [0.717, 1.165) is 0 Å². The van der Waals surface area contributed by atoms with Gasteiger partial charge in [0.15, 0.2) is 5.60 Å². The van der Waals surface area contributed by atoms with Crippen LogP contribution in [0.3, 0.4) is 0 Å². The van der Waals surface area contributed by atoms with E-state index >= 15 is 0 Å². The molecular weight excluding hydrogens is 454 g/mol. The third-order valence-corrected chi connectivity index (χ3v) is 7.76. The Hall–Kier alpha value is -3.47. The van der Waals surface area contributed by atoms with Crippen LogP contribution >= 0.6 is 0 Å². The highest BCUT2D eigenvalue weighted by Crippen LogP contribution is 2.56. The fourth-order valence-electron chi connectivity index (χ4n) is 6.38. The number of aliphatic hydroxyl groups is 3. The van der Waals surface area contributed by atoms with Gasteiger partial charge >= 0.3 is 0 Å². The molecule has 184 valence electrons. The smallest absolute Gasteiger partial charge is 0.252 e. The Morgan fingerprint density at radius 1 is 1.29 bits per heavy atom. The fourth-order valence-corrected chi connectivity index (χ4v) is 6.38. The molecular formula is C25H27N3O7. The van der Waals surface area contributed by atoms with Gasteiger partial charge in [-0.25, -0.2) is 4.98 Å². The number of carbonyl (C=O) groups excluding carboxylic acids is 2. The molecule has 1 aromatic carbocycles. The largest absolute Gasteiger partial charge is 0.509 e. The van der Waals surface area contributed by atoms with Crippen molar-refractivity contribution in [2.75, 3.05) is 14.1 Å². The molecule has 3 aliphatic rings. The molecule has 0 saturated heterocycles. The number of likely N-dealkylation sites (N-methyl/N-ethyl adjacent to an activating group) is 1. The van der Waals surface area contributed by atoms with Crippen molar-refractivity contribution in [3.63, 3.8) is 0 Å². The first-order chi connectivity index (χ1) is 16.5. The van der Waals surface area contributed by atoms with E-state index < -0.39 is 47.0 Å². The van der Waals surface area contributed by atoms with Crippen molar-refractivity contribution in [2.24, 2.45) is 17.6 Å². The van der Waals surface area contributed by atoms with Crippen molar-refractivity contribution in [3.8, 4) is 17.2 Å². The van der Waals surface area contributed by atoms with Crippen LogP contribution in [0.2, 0.25) is 0 Å². The number of ketones is 1. The van der Waals surface area contributed by atoms with Crippen LogP contribution in [0.5, 0.6) is 5.75 Å². The highest BCUT2D eigenvalue weighted by Gasteiger charge is 2.62. The lowest BCUT2D eigenvalue weighted by molar-refractivity contribution is -0.147. The number of rotatable bonds is 3. The van der Waals surface area contributed by atoms with Gasteiger partial charge in [0.05, 0.1) is 11.8 Å². The molecule has 10 nitrogen and oxygen atoms in total. The number of primary amides is 1. The van der Waals surface area contributed by atoms with Crippen molar-refractivity contribution in [2.45, 2.75) is 37.5 Å². The number of nitrogens with two attached hydrogens (primary N) is 1. The number of aromatic hydroxyl groups is 1. The Morgan fingerprint density at radius 2 is 2.00 bits per heavy atom. The fraction of sp³-hybridized carbons (Fsp3) is 0.400. The predicted molar refractivity (Wildman–Crippen MR) is 123 cm³/mol. The van der Waals surface area contributed by atoms with Crippen LogP contribution in [0.4, 0.5) is 0 Å². The molecule has 5 atom stereocenters. The van der Waals surface area contributed by atoms with E-state index in [1.807, 2.05) is 0 Å². The summed E-state index contributed by atoms with van der Waals surface area (Å²) in [5.41, 5.74) is 4.53. The Labute approximate surface area is 201 Å². The number of aromatic nitrogens is 1. The van der Waals surface area contributed by atoms with Crippen molar-refractivity contribution in [1.82, 2.24) is 9.88 Å². The first kappa shape index (κ1) is 23.3. The zero-order valence-electron chi connectivity index (χ0n) is 19.5. The topological polar surface area (TPSA) is 170 Å². The van der Waals surface area contributed by atoms with Crippen molar-refractivity contribution >= 4 is 11.7 Å². The van der Waals surface area contributed by atoms with Gasteiger partial charge in [0.25, 0.3) is 5.91 Å². The number of phenolic OH excluding ortho intramolecular Hbond substituents is 1. The Bertz CT molecular complexity index is 1310. The van der Waals surface area contributed by atoms with Gasteiger partial charge in [-0.3, -0.25) is 9.59 Å². The summed E-state index contributed by atoms with van der Waals surface area (Å²) in [5.74, 6) is -3.82. The first-order valence-electron chi connectivity index (χ1n) is 11.3. The molecule has 2 aromatic rings. The van der Waals surface area contributed by atoms with Crippen LogP contribution in [0, 0.1) is 11.8 Å². The van der Waals surface area contributed by atoms with E-state index in [4.69, 9.17) is 10.2 Å². The van der Waals surface area contributed by atoms with E-state index in [1.165, 1.54) is 18.5 Å². The van der Waals surface area contributed by atoms with E-state index in [9.17, 15) is 30.0 Å². The molecule has 1 unspecified atom stereocenters. The summed E-state index contributed by atoms with van der Waals surface area (Å²) in [7, 11) is 3.51. The van der Waals surface area contributed by atoms with Crippen LogP contribution < -0.4 is 5.73 Å². The molecule has 0 aliphatic heterocycles. The van der Waals surface area contributed by atoms with E-state index in [0.29, 0.717) is 29.0 Å². The molecule has 10 heteroatoms. The second kappa shape index (κ2) is 7.77. The van der Waals surface area contributed by atoms with Crippen LogP contribution in [-0.2, 0) is 16.0 Å². The van der Waals surface area contributed by atoms with Gasteiger partial charge in [-0.1, -0.05) is 0 Å². The lowest BCUT2D eigenvalue weighted by Crippen LogP contribution is -2.63. The summed E-state index contributed by atoms with van der Waals surface area (Å²) in [6, 6.07) is 2.47. The first-order valence-corrected chi connectivity index (χ1v) is 11.3. The molecule has 3 aliphatic carbocycles. The van der Waals surface area contributed by atoms with Gasteiger partial charge in [-0.05, 0) is 63.0 Å². The number of benzene rings is 1. The third-order valence-electron chi connectivity index (χ3n) is 7.76. The number of nitrogens with zero attached hydrogens (tertiary/aromatic N) is 2. The Morgan fingerprint density at radius 3 is 2.60 bits per heavy atom. The standard InChI is InChI=1S/C25H27N3O7/c1-10-16(23(26)33)21(31)25(34)14(19(10)28(2)3)9-11-8-13-12(24-27-6-7-35-24)4-5-15(29)18(13)20(30)17(11)22(25)32/h4-7,11,14,19-20,29-30,32,34H,8-9H2,1-3H3,(H2,26,33)/t11-,14-,19+,20?,25+/m0/s1. The maximum absolute atomic E-state index is 13.4. The molecule has 0 fully saturated rings. The monoisotopic (exact) mass is 481 g/mol. The number of hydrogen-bond acceptors (Lipinski definition) is 9.